The highest BCUT2D eigenvalue weighted by Crippen LogP contribution is 2.25. The minimum atomic E-state index is 0.605. The number of hydrogen-bond acceptors (Lipinski definition) is 3. The fourth-order valence-corrected chi connectivity index (χ4v) is 1.46. The molecule has 72 valence electrons. The second-order valence-electron chi connectivity index (χ2n) is 2.90. The minimum Gasteiger partial charge on any atom is -0.383 e. The predicted octanol–water partition coefficient (Wildman–Crippen LogP) is 1.92. The van der Waals surface area contributed by atoms with Crippen LogP contribution in [0.1, 0.15) is 5.69 Å². The largest absolute Gasteiger partial charge is 0.383 e. The van der Waals surface area contributed by atoms with Crippen LogP contribution in [0.5, 0.6) is 0 Å². The van der Waals surface area contributed by atoms with E-state index < -0.39 is 0 Å². The highest BCUT2D eigenvalue weighted by Gasteiger charge is 2.10. The number of anilines is 1. The maximum Gasteiger partial charge on any atom is 0.141 e. The Morgan fingerprint density at radius 2 is 2.00 bits per heavy atom. The summed E-state index contributed by atoms with van der Waals surface area (Å²) in [5.41, 5.74) is 7.65. The van der Waals surface area contributed by atoms with Crippen molar-refractivity contribution in [2.45, 2.75) is 6.92 Å². The Bertz CT molecular complexity index is 449. The number of pyridine rings is 1. The van der Waals surface area contributed by atoms with Gasteiger partial charge in [-0.15, -0.1) is 0 Å². The molecule has 2 rings (SSSR count). The van der Waals surface area contributed by atoms with Crippen molar-refractivity contribution in [3.63, 3.8) is 0 Å². The Kier molecular flexibility index (Phi) is 2.25. The van der Waals surface area contributed by atoms with Gasteiger partial charge in [-0.05, 0) is 35.0 Å². The summed E-state index contributed by atoms with van der Waals surface area (Å²) in [6, 6.07) is 3.71. The Morgan fingerprint density at radius 1 is 1.36 bits per heavy atom. The highest BCUT2D eigenvalue weighted by atomic mass is 79.9. The molecule has 0 unspecified atom stereocenters. The summed E-state index contributed by atoms with van der Waals surface area (Å²) in [7, 11) is 0. The van der Waals surface area contributed by atoms with Crippen LogP contribution in [-0.4, -0.2) is 14.8 Å². The average molecular weight is 253 g/mol. The summed E-state index contributed by atoms with van der Waals surface area (Å²) in [6.07, 6.45) is 3.42. The van der Waals surface area contributed by atoms with E-state index in [0.717, 1.165) is 15.9 Å². The lowest BCUT2D eigenvalue weighted by Crippen LogP contribution is -2.01. The molecule has 0 radical (unpaired) electrons. The molecule has 0 bridgehead atoms. The van der Waals surface area contributed by atoms with Gasteiger partial charge in [0.05, 0.1) is 15.9 Å². The monoisotopic (exact) mass is 252 g/mol. The van der Waals surface area contributed by atoms with Gasteiger partial charge in [0.2, 0.25) is 0 Å². The molecule has 0 atom stereocenters. The molecule has 2 aromatic heterocycles. The number of hydrogen-bond donors (Lipinski definition) is 1. The van der Waals surface area contributed by atoms with E-state index in [-0.39, 0.29) is 0 Å². The van der Waals surface area contributed by atoms with Crippen molar-refractivity contribution >= 4 is 21.7 Å². The van der Waals surface area contributed by atoms with Crippen molar-refractivity contribution in [1.29, 1.82) is 0 Å². The summed E-state index contributed by atoms with van der Waals surface area (Å²) in [6.45, 7) is 1.90. The van der Waals surface area contributed by atoms with E-state index in [0.29, 0.717) is 5.82 Å². The lowest BCUT2D eigenvalue weighted by atomic mass is 10.4. The lowest BCUT2D eigenvalue weighted by molar-refractivity contribution is 0.869. The van der Waals surface area contributed by atoms with Gasteiger partial charge in [0.1, 0.15) is 5.82 Å². The van der Waals surface area contributed by atoms with E-state index >= 15 is 0 Å². The molecule has 5 heteroatoms. The minimum absolute atomic E-state index is 0.605. The van der Waals surface area contributed by atoms with Crippen LogP contribution in [0.4, 0.5) is 5.82 Å². The van der Waals surface area contributed by atoms with Crippen LogP contribution in [0.15, 0.2) is 29.0 Å². The summed E-state index contributed by atoms with van der Waals surface area (Å²) >= 11 is 3.37. The third-order valence-corrected chi connectivity index (χ3v) is 2.91. The quantitative estimate of drug-likeness (QED) is 0.844. The average Bonchev–Trinajstić information content (AvgIpc) is 2.47. The van der Waals surface area contributed by atoms with Crippen LogP contribution in [0.3, 0.4) is 0 Å². The molecule has 0 fully saturated rings. The van der Waals surface area contributed by atoms with Gasteiger partial charge < -0.3 is 5.73 Å². The van der Waals surface area contributed by atoms with Gasteiger partial charge in [0.15, 0.2) is 0 Å². The number of nitrogens with two attached hydrogens (primary N) is 1. The first kappa shape index (κ1) is 9.21. The molecule has 0 aromatic carbocycles. The van der Waals surface area contributed by atoms with Crippen molar-refractivity contribution < 1.29 is 0 Å². The second-order valence-corrected chi connectivity index (χ2v) is 3.69. The molecule has 0 aliphatic carbocycles. The molecular formula is C9H9BrN4. The summed E-state index contributed by atoms with van der Waals surface area (Å²) in [4.78, 5) is 3.94. The molecule has 2 N–H and O–H groups in total. The molecule has 0 aliphatic heterocycles. The maximum absolute atomic E-state index is 5.87. The van der Waals surface area contributed by atoms with Crippen LogP contribution >= 0.6 is 15.9 Å². The molecule has 0 aliphatic rings. The zero-order valence-corrected chi connectivity index (χ0v) is 9.19. The van der Waals surface area contributed by atoms with E-state index in [1.54, 1.807) is 17.1 Å². The lowest BCUT2D eigenvalue weighted by Gasteiger charge is -2.02. The van der Waals surface area contributed by atoms with E-state index in [4.69, 9.17) is 5.73 Å². The van der Waals surface area contributed by atoms with Gasteiger partial charge in [-0.2, -0.15) is 5.10 Å². The summed E-state index contributed by atoms with van der Waals surface area (Å²) < 4.78 is 2.52. The number of halogens is 1. The second kappa shape index (κ2) is 3.42. The SMILES string of the molecule is Cc1nn(-c2ccncc2)c(N)c1Br. The van der Waals surface area contributed by atoms with Crippen molar-refractivity contribution in [1.82, 2.24) is 14.8 Å². The first-order valence-electron chi connectivity index (χ1n) is 4.11. The predicted molar refractivity (Wildman–Crippen MR) is 58.2 cm³/mol. The Hall–Kier alpha value is -1.36. The number of aromatic nitrogens is 3. The molecule has 0 saturated carbocycles. The number of nitrogen functional groups attached to an aromatic ring is 1. The standard InChI is InChI=1S/C9H9BrN4/c1-6-8(10)9(11)14(13-6)7-2-4-12-5-3-7/h2-5H,11H2,1H3. The van der Waals surface area contributed by atoms with Gasteiger partial charge in [0.25, 0.3) is 0 Å². The highest BCUT2D eigenvalue weighted by molar-refractivity contribution is 9.10. The number of aryl methyl sites for hydroxylation is 1. The zero-order chi connectivity index (χ0) is 10.1. The van der Waals surface area contributed by atoms with Gasteiger partial charge in [-0.3, -0.25) is 4.98 Å². The van der Waals surface area contributed by atoms with Crippen LogP contribution in [-0.2, 0) is 0 Å². The van der Waals surface area contributed by atoms with Crippen molar-refractivity contribution in [3.8, 4) is 5.69 Å². The van der Waals surface area contributed by atoms with Gasteiger partial charge in [-0.1, -0.05) is 0 Å². The van der Waals surface area contributed by atoms with Crippen molar-refractivity contribution in [3.05, 3.63) is 34.7 Å². The maximum atomic E-state index is 5.87. The first-order chi connectivity index (χ1) is 6.70. The van der Waals surface area contributed by atoms with Crippen LogP contribution in [0.25, 0.3) is 5.69 Å². The number of nitrogens with zero attached hydrogens (tertiary/aromatic N) is 3. The van der Waals surface area contributed by atoms with Gasteiger partial charge in [0, 0.05) is 12.4 Å². The van der Waals surface area contributed by atoms with Crippen molar-refractivity contribution in [2.24, 2.45) is 0 Å². The van der Waals surface area contributed by atoms with Gasteiger partial charge >= 0.3 is 0 Å². The molecule has 0 saturated heterocycles. The fraction of sp³-hybridized carbons (Fsp3) is 0.111. The topological polar surface area (TPSA) is 56.7 Å². The Balaban J connectivity index is 2.58. The van der Waals surface area contributed by atoms with Crippen LogP contribution < -0.4 is 5.73 Å². The molecule has 0 amide bonds. The molecule has 2 aromatic rings. The first-order valence-corrected chi connectivity index (χ1v) is 4.90. The van der Waals surface area contributed by atoms with Gasteiger partial charge in [-0.25, -0.2) is 4.68 Å². The van der Waals surface area contributed by atoms with E-state index in [2.05, 4.69) is 26.0 Å². The summed E-state index contributed by atoms with van der Waals surface area (Å²) in [5, 5.41) is 4.30. The summed E-state index contributed by atoms with van der Waals surface area (Å²) in [5.74, 6) is 0.605. The fourth-order valence-electron chi connectivity index (χ4n) is 1.21. The Morgan fingerprint density at radius 3 is 2.50 bits per heavy atom. The van der Waals surface area contributed by atoms with Crippen molar-refractivity contribution in [2.75, 3.05) is 5.73 Å². The molecule has 14 heavy (non-hydrogen) atoms. The normalized spacial score (nSPS) is 10.4. The number of rotatable bonds is 1. The third-order valence-electron chi connectivity index (χ3n) is 1.93. The zero-order valence-electron chi connectivity index (χ0n) is 7.61. The van der Waals surface area contributed by atoms with E-state index in [1.807, 2.05) is 19.1 Å². The smallest absolute Gasteiger partial charge is 0.141 e. The molecular weight excluding hydrogens is 244 g/mol. The molecule has 0 spiro atoms. The van der Waals surface area contributed by atoms with Crippen LogP contribution in [0, 0.1) is 6.92 Å². The third kappa shape index (κ3) is 1.39. The molecule has 2 heterocycles. The van der Waals surface area contributed by atoms with Crippen LogP contribution in [0.2, 0.25) is 0 Å². The van der Waals surface area contributed by atoms with E-state index in [9.17, 15) is 0 Å². The molecule has 4 nitrogen and oxygen atoms in total. The van der Waals surface area contributed by atoms with E-state index in [1.165, 1.54) is 0 Å². The Labute approximate surface area is 89.9 Å².